The summed E-state index contributed by atoms with van der Waals surface area (Å²) in [5, 5.41) is 9.98. The normalized spacial score (nSPS) is 28.4. The van der Waals surface area contributed by atoms with Crippen LogP contribution >= 0.6 is 0 Å². The molecule has 100 valence electrons. The maximum Gasteiger partial charge on any atom is 0.0718 e. The van der Waals surface area contributed by atoms with E-state index in [9.17, 15) is 5.11 Å². The molecule has 0 radical (unpaired) electrons. The Labute approximate surface area is 105 Å². The number of aliphatic hydroxyl groups is 1. The van der Waals surface area contributed by atoms with Crippen molar-refractivity contribution in [3.05, 3.63) is 0 Å². The van der Waals surface area contributed by atoms with Crippen LogP contribution in [0.15, 0.2) is 0 Å². The van der Waals surface area contributed by atoms with Gasteiger partial charge in [-0.2, -0.15) is 0 Å². The lowest BCUT2D eigenvalue weighted by atomic mass is 9.73. The van der Waals surface area contributed by atoms with Crippen molar-refractivity contribution in [2.45, 2.75) is 70.1 Å². The molecule has 1 atom stereocenters. The summed E-state index contributed by atoms with van der Waals surface area (Å²) in [6.07, 6.45) is 6.08. The SMILES string of the molecule is CCN(CC(C)(C)O)C1CCOC2(CCC2)C1. The Morgan fingerprint density at radius 2 is 2.12 bits per heavy atom. The van der Waals surface area contributed by atoms with Crippen LogP contribution in [0.25, 0.3) is 0 Å². The first kappa shape index (κ1) is 13.3. The summed E-state index contributed by atoms with van der Waals surface area (Å²) in [4.78, 5) is 2.43. The van der Waals surface area contributed by atoms with Gasteiger partial charge in [-0.25, -0.2) is 0 Å². The lowest BCUT2D eigenvalue weighted by Gasteiger charge is -2.50. The third-order valence-electron chi connectivity index (χ3n) is 4.24. The molecule has 1 heterocycles. The molecule has 1 aliphatic heterocycles. The summed E-state index contributed by atoms with van der Waals surface area (Å²) in [5.74, 6) is 0. The van der Waals surface area contributed by atoms with Gasteiger partial charge >= 0.3 is 0 Å². The molecule has 0 amide bonds. The molecule has 1 spiro atoms. The van der Waals surface area contributed by atoms with Gasteiger partial charge in [0.2, 0.25) is 0 Å². The quantitative estimate of drug-likeness (QED) is 0.819. The van der Waals surface area contributed by atoms with E-state index >= 15 is 0 Å². The van der Waals surface area contributed by atoms with Crippen molar-refractivity contribution < 1.29 is 9.84 Å². The maximum atomic E-state index is 9.98. The Balaban J connectivity index is 1.94. The predicted molar refractivity (Wildman–Crippen MR) is 69.1 cm³/mol. The lowest BCUT2D eigenvalue weighted by molar-refractivity contribution is -0.151. The topological polar surface area (TPSA) is 32.7 Å². The highest BCUT2D eigenvalue weighted by Gasteiger charge is 2.44. The highest BCUT2D eigenvalue weighted by Crippen LogP contribution is 2.43. The fourth-order valence-electron chi connectivity index (χ4n) is 3.23. The molecule has 1 saturated carbocycles. The van der Waals surface area contributed by atoms with Gasteiger partial charge in [-0.1, -0.05) is 6.92 Å². The molecule has 2 aliphatic rings. The van der Waals surface area contributed by atoms with Crippen LogP contribution in [-0.4, -0.2) is 46.9 Å². The molecule has 0 aromatic rings. The van der Waals surface area contributed by atoms with Gasteiger partial charge in [-0.3, -0.25) is 4.90 Å². The largest absolute Gasteiger partial charge is 0.389 e. The van der Waals surface area contributed by atoms with E-state index in [0.29, 0.717) is 6.04 Å². The summed E-state index contributed by atoms with van der Waals surface area (Å²) >= 11 is 0. The monoisotopic (exact) mass is 241 g/mol. The molecule has 1 unspecified atom stereocenters. The molecule has 0 aromatic carbocycles. The second-order valence-corrected chi connectivity index (χ2v) is 6.41. The van der Waals surface area contributed by atoms with Crippen molar-refractivity contribution in [1.29, 1.82) is 0 Å². The van der Waals surface area contributed by atoms with Crippen molar-refractivity contribution in [3.63, 3.8) is 0 Å². The summed E-state index contributed by atoms with van der Waals surface area (Å²) < 4.78 is 5.97. The molecule has 1 saturated heterocycles. The number of hydrogen-bond acceptors (Lipinski definition) is 3. The van der Waals surface area contributed by atoms with E-state index < -0.39 is 5.60 Å². The predicted octanol–water partition coefficient (Wildman–Crippen LogP) is 2.18. The number of rotatable bonds is 4. The van der Waals surface area contributed by atoms with Crippen molar-refractivity contribution >= 4 is 0 Å². The van der Waals surface area contributed by atoms with E-state index in [1.165, 1.54) is 19.3 Å². The highest BCUT2D eigenvalue weighted by atomic mass is 16.5. The van der Waals surface area contributed by atoms with Crippen molar-refractivity contribution in [1.82, 2.24) is 4.90 Å². The van der Waals surface area contributed by atoms with Gasteiger partial charge in [0.1, 0.15) is 0 Å². The fourth-order valence-corrected chi connectivity index (χ4v) is 3.23. The minimum atomic E-state index is -0.596. The number of hydrogen-bond donors (Lipinski definition) is 1. The van der Waals surface area contributed by atoms with Gasteiger partial charge in [0, 0.05) is 19.2 Å². The van der Waals surface area contributed by atoms with E-state index in [1.54, 1.807) is 0 Å². The van der Waals surface area contributed by atoms with E-state index in [2.05, 4.69) is 11.8 Å². The van der Waals surface area contributed by atoms with Gasteiger partial charge in [-0.15, -0.1) is 0 Å². The summed E-state index contributed by atoms with van der Waals surface area (Å²) in [5.41, 5.74) is -0.392. The van der Waals surface area contributed by atoms with E-state index in [4.69, 9.17) is 4.74 Å². The van der Waals surface area contributed by atoms with Gasteiger partial charge in [-0.05, 0) is 52.5 Å². The lowest BCUT2D eigenvalue weighted by Crippen LogP contribution is -2.54. The molecule has 0 bridgehead atoms. The minimum absolute atomic E-state index is 0.204. The minimum Gasteiger partial charge on any atom is -0.389 e. The second-order valence-electron chi connectivity index (χ2n) is 6.41. The van der Waals surface area contributed by atoms with Gasteiger partial charge in [0.15, 0.2) is 0 Å². The molecule has 0 aromatic heterocycles. The van der Waals surface area contributed by atoms with Crippen LogP contribution in [0.5, 0.6) is 0 Å². The van der Waals surface area contributed by atoms with Crippen LogP contribution < -0.4 is 0 Å². The molecule has 3 nitrogen and oxygen atoms in total. The van der Waals surface area contributed by atoms with Gasteiger partial charge in [0.25, 0.3) is 0 Å². The first-order chi connectivity index (χ1) is 7.94. The first-order valence-corrected chi connectivity index (χ1v) is 7.04. The Hall–Kier alpha value is -0.120. The average Bonchev–Trinajstić information content (AvgIpc) is 2.23. The maximum absolute atomic E-state index is 9.98. The molecular weight excluding hydrogens is 214 g/mol. The van der Waals surface area contributed by atoms with Crippen LogP contribution in [0.1, 0.15) is 52.9 Å². The zero-order valence-corrected chi connectivity index (χ0v) is 11.5. The van der Waals surface area contributed by atoms with E-state index in [-0.39, 0.29) is 5.60 Å². The molecule has 2 fully saturated rings. The standard InChI is InChI=1S/C14H27NO2/c1-4-15(11-13(2,3)16)12-6-9-17-14(10-12)7-5-8-14/h12,16H,4-11H2,1-3H3. The van der Waals surface area contributed by atoms with E-state index in [1.807, 2.05) is 13.8 Å². The molecule has 1 aliphatic carbocycles. The molecular formula is C14H27NO2. The van der Waals surface area contributed by atoms with Crippen molar-refractivity contribution in [3.8, 4) is 0 Å². The zero-order valence-electron chi connectivity index (χ0n) is 11.5. The Kier molecular flexibility index (Phi) is 3.81. The zero-order chi connectivity index (χ0) is 12.5. The second kappa shape index (κ2) is 4.87. The van der Waals surface area contributed by atoms with Crippen LogP contribution in [0.4, 0.5) is 0 Å². The number of likely N-dealkylation sites (N-methyl/N-ethyl adjacent to an activating group) is 1. The van der Waals surface area contributed by atoms with E-state index in [0.717, 1.165) is 32.5 Å². The fraction of sp³-hybridized carbons (Fsp3) is 1.00. The average molecular weight is 241 g/mol. The Morgan fingerprint density at radius 3 is 2.59 bits per heavy atom. The summed E-state index contributed by atoms with van der Waals surface area (Å²) in [6.45, 7) is 8.67. The van der Waals surface area contributed by atoms with Crippen LogP contribution in [0.3, 0.4) is 0 Å². The first-order valence-electron chi connectivity index (χ1n) is 7.04. The molecule has 2 rings (SSSR count). The van der Waals surface area contributed by atoms with Crippen LogP contribution in [0, 0.1) is 0 Å². The molecule has 17 heavy (non-hydrogen) atoms. The Bertz CT molecular complexity index is 255. The molecule has 3 heteroatoms. The van der Waals surface area contributed by atoms with Crippen LogP contribution in [-0.2, 0) is 4.74 Å². The summed E-state index contributed by atoms with van der Waals surface area (Å²) in [7, 11) is 0. The third-order valence-corrected chi connectivity index (χ3v) is 4.24. The Morgan fingerprint density at radius 1 is 1.41 bits per heavy atom. The van der Waals surface area contributed by atoms with Gasteiger partial charge in [0.05, 0.1) is 11.2 Å². The smallest absolute Gasteiger partial charge is 0.0718 e. The van der Waals surface area contributed by atoms with Crippen molar-refractivity contribution in [2.75, 3.05) is 19.7 Å². The molecule has 1 N–H and O–H groups in total. The third kappa shape index (κ3) is 3.21. The summed E-state index contributed by atoms with van der Waals surface area (Å²) in [6, 6.07) is 0.598. The van der Waals surface area contributed by atoms with Gasteiger partial charge < -0.3 is 9.84 Å². The van der Waals surface area contributed by atoms with Crippen LogP contribution in [0.2, 0.25) is 0 Å². The highest BCUT2D eigenvalue weighted by molar-refractivity contribution is 4.97. The van der Waals surface area contributed by atoms with Crippen molar-refractivity contribution in [2.24, 2.45) is 0 Å². The number of nitrogens with zero attached hydrogens (tertiary/aromatic N) is 1. The number of ether oxygens (including phenoxy) is 1.